The van der Waals surface area contributed by atoms with Gasteiger partial charge >= 0.3 is 0 Å². The summed E-state index contributed by atoms with van der Waals surface area (Å²) < 4.78 is 29.7. The highest BCUT2D eigenvalue weighted by Crippen LogP contribution is 2.39. The van der Waals surface area contributed by atoms with Gasteiger partial charge in [-0.25, -0.2) is 0 Å². The van der Waals surface area contributed by atoms with Gasteiger partial charge in [-0.05, 0) is 25.7 Å². The number of hydrogen-bond acceptors (Lipinski definition) is 2. The molecule has 1 N–H and O–H groups in total. The summed E-state index contributed by atoms with van der Waals surface area (Å²) in [5.41, 5.74) is -0.00251. The maximum Gasteiger partial charge on any atom is 0.264 e. The molecule has 3 nitrogen and oxygen atoms in total. The van der Waals surface area contributed by atoms with E-state index in [-0.39, 0.29) is 11.2 Å². The second-order valence-corrected chi connectivity index (χ2v) is 6.30. The molecule has 92 valence electrons. The maximum atomic E-state index is 10.5. The van der Waals surface area contributed by atoms with Crippen molar-refractivity contribution in [3.8, 4) is 12.3 Å². The Morgan fingerprint density at radius 1 is 1.19 bits per heavy atom. The van der Waals surface area contributed by atoms with Crippen molar-refractivity contribution in [3.63, 3.8) is 0 Å². The second kappa shape index (κ2) is 5.70. The van der Waals surface area contributed by atoms with Crippen LogP contribution in [0.3, 0.4) is 0 Å². The minimum absolute atomic E-state index is 0.00251. The standard InChI is InChI=1S/C12H20O3S/c1-2-12(8-4-3-5-9-12)10-6-7-11-16(13,14)15/h1H,3-11H2,(H,13,14,15). The first-order valence-electron chi connectivity index (χ1n) is 5.90. The third-order valence-electron chi connectivity index (χ3n) is 3.42. The molecule has 1 saturated carbocycles. The fourth-order valence-electron chi connectivity index (χ4n) is 2.44. The summed E-state index contributed by atoms with van der Waals surface area (Å²) in [7, 11) is -3.81. The molecule has 0 radical (unpaired) electrons. The van der Waals surface area contributed by atoms with Crippen molar-refractivity contribution in [2.45, 2.75) is 51.4 Å². The first kappa shape index (κ1) is 13.5. The van der Waals surface area contributed by atoms with Crippen LogP contribution in [0.4, 0.5) is 0 Å². The predicted molar refractivity (Wildman–Crippen MR) is 64.6 cm³/mol. The van der Waals surface area contributed by atoms with Crippen molar-refractivity contribution in [1.82, 2.24) is 0 Å². The van der Waals surface area contributed by atoms with Gasteiger partial charge in [0.25, 0.3) is 10.1 Å². The van der Waals surface area contributed by atoms with Crippen molar-refractivity contribution < 1.29 is 13.0 Å². The summed E-state index contributed by atoms with van der Waals surface area (Å²) in [4.78, 5) is 0. The van der Waals surface area contributed by atoms with E-state index in [4.69, 9.17) is 11.0 Å². The zero-order chi connectivity index (χ0) is 12.1. The molecule has 16 heavy (non-hydrogen) atoms. The van der Waals surface area contributed by atoms with Crippen LogP contribution in [0.25, 0.3) is 0 Å². The summed E-state index contributed by atoms with van der Waals surface area (Å²) in [6.07, 6.45) is 13.5. The SMILES string of the molecule is C#CC1(CCCCS(=O)(=O)O)CCCCC1. The number of rotatable bonds is 5. The third kappa shape index (κ3) is 4.54. The maximum absolute atomic E-state index is 10.5. The molecule has 4 heteroatoms. The Labute approximate surface area is 98.4 Å². The lowest BCUT2D eigenvalue weighted by Gasteiger charge is -2.32. The first-order valence-corrected chi connectivity index (χ1v) is 7.51. The minimum Gasteiger partial charge on any atom is -0.286 e. The molecule has 0 heterocycles. The van der Waals surface area contributed by atoms with Crippen LogP contribution in [0.2, 0.25) is 0 Å². The Hall–Kier alpha value is -0.530. The summed E-state index contributed by atoms with van der Waals surface area (Å²) in [5, 5.41) is 0. The van der Waals surface area contributed by atoms with Gasteiger partial charge in [0, 0.05) is 5.41 Å². The van der Waals surface area contributed by atoms with Gasteiger partial charge in [-0.3, -0.25) is 4.55 Å². The molecule has 0 aromatic carbocycles. The van der Waals surface area contributed by atoms with Crippen LogP contribution < -0.4 is 0 Å². The van der Waals surface area contributed by atoms with Gasteiger partial charge in [-0.15, -0.1) is 6.42 Å². The Morgan fingerprint density at radius 3 is 2.31 bits per heavy atom. The van der Waals surface area contributed by atoms with Gasteiger partial charge in [0.2, 0.25) is 0 Å². The fraction of sp³-hybridized carbons (Fsp3) is 0.833. The van der Waals surface area contributed by atoms with E-state index < -0.39 is 10.1 Å². The van der Waals surface area contributed by atoms with Gasteiger partial charge in [0.1, 0.15) is 0 Å². The molecule has 0 aromatic heterocycles. The molecule has 1 fully saturated rings. The van der Waals surface area contributed by atoms with Crippen LogP contribution >= 0.6 is 0 Å². The number of unbranched alkanes of at least 4 members (excludes halogenated alkanes) is 1. The fourth-order valence-corrected chi connectivity index (χ4v) is 3.01. The van der Waals surface area contributed by atoms with E-state index in [9.17, 15) is 8.42 Å². The Kier molecular flexibility index (Phi) is 4.82. The highest BCUT2D eigenvalue weighted by atomic mass is 32.2. The van der Waals surface area contributed by atoms with Gasteiger partial charge in [-0.1, -0.05) is 31.6 Å². The lowest BCUT2D eigenvalue weighted by molar-refractivity contribution is 0.246. The van der Waals surface area contributed by atoms with Crippen LogP contribution in [0.5, 0.6) is 0 Å². The molecule has 1 aliphatic rings. The highest BCUT2D eigenvalue weighted by molar-refractivity contribution is 7.85. The van der Waals surface area contributed by atoms with E-state index in [0.717, 1.165) is 25.7 Å². The lowest BCUT2D eigenvalue weighted by atomic mass is 9.72. The molecule has 0 spiro atoms. The average molecular weight is 244 g/mol. The van der Waals surface area contributed by atoms with E-state index in [1.807, 2.05) is 0 Å². The summed E-state index contributed by atoms with van der Waals surface area (Å²) in [6, 6.07) is 0. The van der Waals surface area contributed by atoms with Crippen LogP contribution in [0, 0.1) is 17.8 Å². The van der Waals surface area contributed by atoms with Crippen molar-refractivity contribution in [2.24, 2.45) is 5.41 Å². The summed E-state index contributed by atoms with van der Waals surface area (Å²) in [5.74, 6) is 2.76. The Balaban J connectivity index is 2.32. The van der Waals surface area contributed by atoms with Crippen LogP contribution in [0.15, 0.2) is 0 Å². The zero-order valence-electron chi connectivity index (χ0n) is 9.61. The van der Waals surface area contributed by atoms with Crippen molar-refractivity contribution in [3.05, 3.63) is 0 Å². The van der Waals surface area contributed by atoms with E-state index >= 15 is 0 Å². The van der Waals surface area contributed by atoms with Gasteiger partial charge in [0.15, 0.2) is 0 Å². The van der Waals surface area contributed by atoms with Crippen LogP contribution in [0.1, 0.15) is 51.4 Å². The number of hydrogen-bond donors (Lipinski definition) is 1. The van der Waals surface area contributed by atoms with Gasteiger partial charge in [-0.2, -0.15) is 8.42 Å². The highest BCUT2D eigenvalue weighted by Gasteiger charge is 2.29. The van der Waals surface area contributed by atoms with Gasteiger partial charge in [0.05, 0.1) is 5.75 Å². The van der Waals surface area contributed by atoms with E-state index in [0.29, 0.717) is 6.42 Å². The second-order valence-electron chi connectivity index (χ2n) is 4.73. The Bertz CT molecular complexity index is 345. The average Bonchev–Trinajstić information content (AvgIpc) is 2.25. The van der Waals surface area contributed by atoms with Gasteiger partial charge < -0.3 is 0 Å². The van der Waals surface area contributed by atoms with Crippen molar-refractivity contribution in [1.29, 1.82) is 0 Å². The molecule has 0 aliphatic heterocycles. The first-order chi connectivity index (χ1) is 7.47. The normalized spacial score (nSPS) is 20.2. The minimum atomic E-state index is -3.81. The summed E-state index contributed by atoms with van der Waals surface area (Å²) in [6.45, 7) is 0. The largest absolute Gasteiger partial charge is 0.286 e. The Morgan fingerprint density at radius 2 is 1.81 bits per heavy atom. The molecule has 1 rings (SSSR count). The third-order valence-corrected chi connectivity index (χ3v) is 4.23. The molecule has 0 saturated heterocycles. The van der Waals surface area contributed by atoms with E-state index in [1.165, 1.54) is 19.3 Å². The molecular formula is C12H20O3S. The molecule has 1 aliphatic carbocycles. The predicted octanol–water partition coefficient (Wildman–Crippen LogP) is 2.63. The van der Waals surface area contributed by atoms with Crippen LogP contribution in [-0.2, 0) is 10.1 Å². The number of terminal acetylenes is 1. The van der Waals surface area contributed by atoms with E-state index in [1.54, 1.807) is 0 Å². The molecule has 0 atom stereocenters. The van der Waals surface area contributed by atoms with Crippen molar-refractivity contribution in [2.75, 3.05) is 5.75 Å². The molecule has 0 amide bonds. The van der Waals surface area contributed by atoms with Crippen LogP contribution in [-0.4, -0.2) is 18.7 Å². The van der Waals surface area contributed by atoms with E-state index in [2.05, 4.69) is 5.92 Å². The topological polar surface area (TPSA) is 54.4 Å². The molecule has 0 aromatic rings. The monoisotopic (exact) mass is 244 g/mol. The van der Waals surface area contributed by atoms with Crippen molar-refractivity contribution >= 4 is 10.1 Å². The zero-order valence-corrected chi connectivity index (χ0v) is 10.4. The lowest BCUT2D eigenvalue weighted by Crippen LogP contribution is -2.22. The quantitative estimate of drug-likeness (QED) is 0.459. The smallest absolute Gasteiger partial charge is 0.264 e. The summed E-state index contributed by atoms with van der Waals surface area (Å²) >= 11 is 0. The molecule has 0 bridgehead atoms. The molecular weight excluding hydrogens is 224 g/mol. The molecule has 0 unspecified atom stereocenters.